The summed E-state index contributed by atoms with van der Waals surface area (Å²) in [5, 5.41) is 8.42. The monoisotopic (exact) mass is 472 g/mol. The summed E-state index contributed by atoms with van der Waals surface area (Å²) < 4.78 is 5.41. The Balaban J connectivity index is 1.68. The lowest BCUT2D eigenvalue weighted by atomic mass is 9.91. The zero-order chi connectivity index (χ0) is 25.4. The first kappa shape index (κ1) is 25.3. The van der Waals surface area contributed by atoms with Crippen LogP contribution in [0, 0.1) is 0 Å². The van der Waals surface area contributed by atoms with Gasteiger partial charge in [0.15, 0.2) is 0 Å². The normalized spacial score (nSPS) is 14.1. The molecule has 8 nitrogen and oxygen atoms in total. The number of anilines is 2. The van der Waals surface area contributed by atoms with E-state index in [4.69, 9.17) is 16.2 Å². The van der Waals surface area contributed by atoms with Crippen LogP contribution < -0.4 is 11.5 Å². The molecule has 35 heavy (non-hydrogen) atoms. The third-order valence-electron chi connectivity index (χ3n) is 5.54. The number of azo groups is 1. The van der Waals surface area contributed by atoms with Gasteiger partial charge in [-0.15, -0.1) is 0 Å². The van der Waals surface area contributed by atoms with Gasteiger partial charge >= 0.3 is 5.97 Å². The summed E-state index contributed by atoms with van der Waals surface area (Å²) in [6.45, 7) is 5.38. The van der Waals surface area contributed by atoms with E-state index in [1.165, 1.54) is 6.08 Å². The first-order valence-electron chi connectivity index (χ1n) is 11.2. The van der Waals surface area contributed by atoms with Gasteiger partial charge in [0.25, 0.3) is 0 Å². The van der Waals surface area contributed by atoms with E-state index in [0.29, 0.717) is 53.2 Å². The molecular formula is C27H28N4O4. The molecule has 2 aromatic carbocycles. The van der Waals surface area contributed by atoms with Crippen molar-refractivity contribution in [2.45, 2.75) is 32.1 Å². The fourth-order valence-electron chi connectivity index (χ4n) is 3.50. The van der Waals surface area contributed by atoms with Crippen molar-refractivity contribution < 1.29 is 19.1 Å². The van der Waals surface area contributed by atoms with Gasteiger partial charge in [-0.05, 0) is 68.2 Å². The van der Waals surface area contributed by atoms with Crippen LogP contribution in [0.15, 0.2) is 88.6 Å². The van der Waals surface area contributed by atoms with E-state index in [-0.39, 0.29) is 12.5 Å². The molecule has 0 aliphatic heterocycles. The molecule has 4 N–H and O–H groups in total. The molecule has 0 saturated carbocycles. The minimum atomic E-state index is -0.499. The Bertz CT molecular complexity index is 1230. The number of hydrogen-bond donors (Lipinski definition) is 2. The zero-order valence-electron chi connectivity index (χ0n) is 19.6. The van der Waals surface area contributed by atoms with Gasteiger partial charge in [-0.1, -0.05) is 30.9 Å². The van der Waals surface area contributed by atoms with E-state index in [1.807, 2.05) is 24.3 Å². The lowest BCUT2D eigenvalue weighted by molar-refractivity contribution is -0.139. The van der Waals surface area contributed by atoms with Crippen LogP contribution in [0.25, 0.3) is 0 Å². The molecule has 0 fully saturated rings. The Hall–Kier alpha value is -4.33. The number of rotatable bonds is 10. The van der Waals surface area contributed by atoms with E-state index in [2.05, 4.69) is 16.8 Å². The predicted molar refractivity (Wildman–Crippen MR) is 135 cm³/mol. The Morgan fingerprint density at radius 3 is 2.40 bits per heavy atom. The number of hydrogen-bond acceptors (Lipinski definition) is 8. The van der Waals surface area contributed by atoms with Crippen LogP contribution >= 0.6 is 0 Å². The molecule has 0 spiro atoms. The average Bonchev–Trinajstić information content (AvgIpc) is 2.84. The van der Waals surface area contributed by atoms with Crippen LogP contribution in [-0.2, 0) is 19.1 Å². The Morgan fingerprint density at radius 2 is 1.71 bits per heavy atom. The molecule has 180 valence electrons. The van der Waals surface area contributed by atoms with Crippen molar-refractivity contribution in [2.24, 2.45) is 10.2 Å². The number of nitrogens with two attached hydrogens (primary N) is 2. The number of allylic oxidation sites excluding steroid dienone is 4. The van der Waals surface area contributed by atoms with Gasteiger partial charge in [-0.2, -0.15) is 10.2 Å². The van der Waals surface area contributed by atoms with Gasteiger partial charge in [-0.3, -0.25) is 9.59 Å². The van der Waals surface area contributed by atoms with Gasteiger partial charge in [-0.25, -0.2) is 4.79 Å². The van der Waals surface area contributed by atoms with Crippen molar-refractivity contribution in [3.05, 3.63) is 84.0 Å². The molecule has 0 aromatic heterocycles. The molecule has 0 saturated heterocycles. The standard InChI is InChI=1S/C27H28N4O4/c1-17(2)27(34)35-16-20(7-3-5-19-6-4-8-25(32)26(19)33)18-9-11-21(12-10-18)30-31-22-13-14-23(28)24(29)15-22/h4,6,8-15,20H,1,3,5,7,16,28-29H2,2H3. The van der Waals surface area contributed by atoms with Crippen molar-refractivity contribution in [1.82, 2.24) is 0 Å². The second-order valence-corrected chi connectivity index (χ2v) is 8.32. The third-order valence-corrected chi connectivity index (χ3v) is 5.54. The topological polar surface area (TPSA) is 137 Å². The number of nitrogen functional groups attached to an aromatic ring is 2. The van der Waals surface area contributed by atoms with Gasteiger partial charge in [0, 0.05) is 17.1 Å². The highest BCUT2D eigenvalue weighted by Gasteiger charge is 2.20. The third kappa shape index (κ3) is 7.07. The second kappa shape index (κ2) is 11.7. The Morgan fingerprint density at radius 1 is 1.03 bits per heavy atom. The molecule has 1 aliphatic carbocycles. The maximum absolute atomic E-state index is 12.0. The summed E-state index contributed by atoms with van der Waals surface area (Å²) in [5.74, 6) is -1.52. The highest BCUT2D eigenvalue weighted by Crippen LogP contribution is 2.28. The van der Waals surface area contributed by atoms with Gasteiger partial charge in [0.2, 0.25) is 11.6 Å². The molecule has 8 heteroatoms. The van der Waals surface area contributed by atoms with E-state index in [0.717, 1.165) is 5.56 Å². The maximum atomic E-state index is 12.0. The van der Waals surface area contributed by atoms with Crippen LogP contribution in [0.2, 0.25) is 0 Å². The van der Waals surface area contributed by atoms with E-state index < -0.39 is 17.5 Å². The summed E-state index contributed by atoms with van der Waals surface area (Å²) in [4.78, 5) is 35.6. The molecular weight excluding hydrogens is 444 g/mol. The molecule has 0 amide bonds. The maximum Gasteiger partial charge on any atom is 0.333 e. The molecule has 1 atom stereocenters. The number of carbonyl (C=O) groups is 3. The smallest absolute Gasteiger partial charge is 0.333 e. The summed E-state index contributed by atoms with van der Waals surface area (Å²) in [7, 11) is 0. The number of Topliss-reactive ketones (excluding diaryl/α,β-unsaturated/α-hetero) is 1. The Labute approximate surface area is 204 Å². The lowest BCUT2D eigenvalue weighted by Crippen LogP contribution is -2.17. The van der Waals surface area contributed by atoms with Gasteiger partial charge < -0.3 is 16.2 Å². The molecule has 0 heterocycles. The zero-order valence-corrected chi connectivity index (χ0v) is 19.6. The first-order chi connectivity index (χ1) is 16.7. The van der Waals surface area contributed by atoms with Crippen molar-refractivity contribution in [3.8, 4) is 0 Å². The minimum Gasteiger partial charge on any atom is -0.462 e. The number of ketones is 2. The molecule has 2 aromatic rings. The number of carbonyl (C=O) groups excluding carboxylic acids is 3. The molecule has 0 bridgehead atoms. The van der Waals surface area contributed by atoms with Crippen LogP contribution in [-0.4, -0.2) is 24.1 Å². The molecule has 3 rings (SSSR count). The van der Waals surface area contributed by atoms with Crippen LogP contribution in [0.5, 0.6) is 0 Å². The van der Waals surface area contributed by atoms with Crippen molar-refractivity contribution >= 4 is 40.3 Å². The largest absolute Gasteiger partial charge is 0.462 e. The first-order valence-corrected chi connectivity index (χ1v) is 11.2. The predicted octanol–water partition coefficient (Wildman–Crippen LogP) is 5.27. The number of ether oxygens (including phenoxy) is 1. The summed E-state index contributed by atoms with van der Waals surface area (Å²) >= 11 is 0. The van der Waals surface area contributed by atoms with E-state index >= 15 is 0 Å². The number of nitrogens with zero attached hydrogens (tertiary/aromatic N) is 2. The average molecular weight is 473 g/mol. The molecule has 0 radical (unpaired) electrons. The second-order valence-electron chi connectivity index (χ2n) is 8.32. The SMILES string of the molecule is C=C(C)C(=O)OCC(CCCC1=CC=CC(=O)C1=O)c1ccc(N=Nc2ccc(N)c(N)c2)cc1. The van der Waals surface area contributed by atoms with E-state index in [9.17, 15) is 14.4 Å². The number of esters is 1. The van der Waals surface area contributed by atoms with Gasteiger partial charge in [0.05, 0.1) is 29.4 Å². The summed E-state index contributed by atoms with van der Waals surface area (Å²) in [6.07, 6.45) is 6.31. The fraction of sp³-hybridized carbons (Fsp3) is 0.222. The highest BCUT2D eigenvalue weighted by molar-refractivity contribution is 6.48. The Kier molecular flexibility index (Phi) is 8.45. The van der Waals surface area contributed by atoms with Crippen molar-refractivity contribution in [2.75, 3.05) is 18.1 Å². The highest BCUT2D eigenvalue weighted by atomic mass is 16.5. The molecule has 1 unspecified atom stereocenters. The lowest BCUT2D eigenvalue weighted by Gasteiger charge is -2.18. The van der Waals surface area contributed by atoms with Crippen molar-refractivity contribution in [1.29, 1.82) is 0 Å². The fourth-order valence-corrected chi connectivity index (χ4v) is 3.50. The molecule has 1 aliphatic rings. The quantitative estimate of drug-likeness (QED) is 0.121. The van der Waals surface area contributed by atoms with Crippen LogP contribution in [0.1, 0.15) is 37.7 Å². The van der Waals surface area contributed by atoms with Crippen molar-refractivity contribution in [3.63, 3.8) is 0 Å². The summed E-state index contributed by atoms with van der Waals surface area (Å²) in [6, 6.07) is 12.5. The van der Waals surface area contributed by atoms with Crippen LogP contribution in [0.4, 0.5) is 22.7 Å². The number of benzene rings is 2. The van der Waals surface area contributed by atoms with Gasteiger partial charge in [0.1, 0.15) is 0 Å². The summed E-state index contributed by atoms with van der Waals surface area (Å²) in [5.41, 5.74) is 15.5. The van der Waals surface area contributed by atoms with E-state index in [1.54, 1.807) is 37.3 Å². The van der Waals surface area contributed by atoms with Crippen LogP contribution in [0.3, 0.4) is 0 Å². The minimum absolute atomic E-state index is 0.105.